The van der Waals surface area contributed by atoms with Gasteiger partial charge in [-0.05, 0) is 55.7 Å². The summed E-state index contributed by atoms with van der Waals surface area (Å²) in [5.41, 5.74) is 2.42. The van der Waals surface area contributed by atoms with Crippen LogP contribution in [0.5, 0.6) is 5.75 Å². The first-order valence-electron chi connectivity index (χ1n) is 9.10. The fraction of sp³-hybridized carbons (Fsp3) is 0.632. The molecular formula is C19H26N2O3. The van der Waals surface area contributed by atoms with E-state index in [1.807, 2.05) is 12.1 Å². The average molecular weight is 330 g/mol. The molecule has 24 heavy (non-hydrogen) atoms. The molecule has 1 aromatic carbocycles. The van der Waals surface area contributed by atoms with Crippen molar-refractivity contribution >= 4 is 6.03 Å². The Morgan fingerprint density at radius 1 is 1.21 bits per heavy atom. The summed E-state index contributed by atoms with van der Waals surface area (Å²) in [6, 6.07) is 6.36. The molecule has 1 aliphatic heterocycles. The Morgan fingerprint density at radius 3 is 3.00 bits per heavy atom. The van der Waals surface area contributed by atoms with Crippen molar-refractivity contribution in [1.29, 1.82) is 0 Å². The van der Waals surface area contributed by atoms with Crippen molar-refractivity contribution in [2.24, 2.45) is 5.92 Å². The van der Waals surface area contributed by atoms with E-state index in [9.17, 15) is 4.79 Å². The minimum atomic E-state index is -0.0479. The number of fused-ring (bicyclic) bond motifs is 2. The van der Waals surface area contributed by atoms with Crippen LogP contribution in [0.25, 0.3) is 0 Å². The zero-order chi connectivity index (χ0) is 16.5. The maximum atomic E-state index is 12.5. The monoisotopic (exact) mass is 330 g/mol. The maximum Gasteiger partial charge on any atom is 0.315 e. The van der Waals surface area contributed by atoms with Gasteiger partial charge in [-0.15, -0.1) is 0 Å². The summed E-state index contributed by atoms with van der Waals surface area (Å²) in [5, 5.41) is 6.38. The van der Waals surface area contributed by atoms with Gasteiger partial charge in [0.15, 0.2) is 0 Å². The summed E-state index contributed by atoms with van der Waals surface area (Å²) in [6.45, 7) is 0.838. The molecule has 1 aromatic rings. The zero-order valence-electron chi connectivity index (χ0n) is 14.2. The Bertz CT molecular complexity index is 619. The summed E-state index contributed by atoms with van der Waals surface area (Å²) in [5.74, 6) is 1.41. The normalized spacial score (nSPS) is 31.2. The summed E-state index contributed by atoms with van der Waals surface area (Å²) in [7, 11) is 1.70. The number of nitrogens with one attached hydrogen (secondary N) is 2. The number of rotatable bonds is 3. The van der Waals surface area contributed by atoms with E-state index in [0.29, 0.717) is 12.0 Å². The van der Waals surface area contributed by atoms with Crippen LogP contribution < -0.4 is 15.4 Å². The molecule has 0 aromatic heterocycles. The highest BCUT2D eigenvalue weighted by Crippen LogP contribution is 2.37. The van der Waals surface area contributed by atoms with E-state index >= 15 is 0 Å². The van der Waals surface area contributed by atoms with Crippen LogP contribution in [0.15, 0.2) is 18.2 Å². The van der Waals surface area contributed by atoms with Gasteiger partial charge in [0.1, 0.15) is 5.75 Å². The van der Waals surface area contributed by atoms with Gasteiger partial charge in [0.2, 0.25) is 0 Å². The van der Waals surface area contributed by atoms with Crippen molar-refractivity contribution in [3.63, 3.8) is 0 Å². The van der Waals surface area contributed by atoms with E-state index in [0.717, 1.165) is 50.9 Å². The molecule has 1 heterocycles. The first kappa shape index (κ1) is 15.8. The minimum Gasteiger partial charge on any atom is -0.496 e. The topological polar surface area (TPSA) is 59.6 Å². The Balaban J connectivity index is 1.39. The number of benzene rings is 1. The molecule has 0 unspecified atom stereocenters. The van der Waals surface area contributed by atoms with Crippen molar-refractivity contribution in [3.05, 3.63) is 29.3 Å². The number of methoxy groups -OCH3 is 1. The van der Waals surface area contributed by atoms with Gasteiger partial charge in [-0.2, -0.15) is 0 Å². The van der Waals surface area contributed by atoms with E-state index < -0.39 is 0 Å². The van der Waals surface area contributed by atoms with Gasteiger partial charge in [-0.3, -0.25) is 0 Å². The molecule has 0 radical (unpaired) electrons. The third kappa shape index (κ3) is 2.86. The Labute approximate surface area is 143 Å². The van der Waals surface area contributed by atoms with Gasteiger partial charge >= 0.3 is 6.03 Å². The minimum absolute atomic E-state index is 0.0479. The van der Waals surface area contributed by atoms with Crippen molar-refractivity contribution in [2.75, 3.05) is 13.7 Å². The molecule has 0 bridgehead atoms. The SMILES string of the molecule is COc1cccc2c1CC[C@@H]2NC(=O)N[C@@H]1CCC[C@H]2OCC[C@H]12. The molecular weight excluding hydrogens is 304 g/mol. The summed E-state index contributed by atoms with van der Waals surface area (Å²) in [4.78, 5) is 12.5. The summed E-state index contributed by atoms with van der Waals surface area (Å²) in [6.07, 6.45) is 6.64. The van der Waals surface area contributed by atoms with E-state index in [2.05, 4.69) is 16.7 Å². The summed E-state index contributed by atoms with van der Waals surface area (Å²) >= 11 is 0. The fourth-order valence-electron chi connectivity index (χ4n) is 4.69. The van der Waals surface area contributed by atoms with Crippen LogP contribution in [0.4, 0.5) is 4.79 Å². The van der Waals surface area contributed by atoms with Gasteiger partial charge in [0.25, 0.3) is 0 Å². The molecule has 5 heteroatoms. The Kier molecular flexibility index (Phi) is 4.35. The van der Waals surface area contributed by atoms with Crippen molar-refractivity contribution in [2.45, 2.75) is 56.7 Å². The highest BCUT2D eigenvalue weighted by Gasteiger charge is 2.38. The predicted molar refractivity (Wildman–Crippen MR) is 91.2 cm³/mol. The first-order chi connectivity index (χ1) is 11.8. The average Bonchev–Trinajstić information content (AvgIpc) is 3.22. The van der Waals surface area contributed by atoms with Crippen LogP contribution in [0.2, 0.25) is 0 Å². The second-order valence-electron chi connectivity index (χ2n) is 7.14. The van der Waals surface area contributed by atoms with Crippen molar-refractivity contribution < 1.29 is 14.3 Å². The van der Waals surface area contributed by atoms with Crippen molar-refractivity contribution in [1.82, 2.24) is 10.6 Å². The molecule has 2 amide bonds. The second kappa shape index (κ2) is 6.63. The van der Waals surface area contributed by atoms with Crippen molar-refractivity contribution in [3.8, 4) is 5.75 Å². The lowest BCUT2D eigenvalue weighted by Crippen LogP contribution is -2.49. The molecule has 2 fully saturated rings. The van der Waals surface area contributed by atoms with E-state index in [1.165, 1.54) is 11.1 Å². The van der Waals surface area contributed by atoms with Gasteiger partial charge in [0.05, 0.1) is 19.3 Å². The third-order valence-corrected chi connectivity index (χ3v) is 5.85. The van der Waals surface area contributed by atoms with Crippen LogP contribution in [0, 0.1) is 5.92 Å². The predicted octanol–water partition coefficient (Wildman–Crippen LogP) is 2.94. The molecule has 0 spiro atoms. The van der Waals surface area contributed by atoms with E-state index in [4.69, 9.17) is 9.47 Å². The molecule has 3 aliphatic rings. The van der Waals surface area contributed by atoms with Gasteiger partial charge in [0, 0.05) is 18.6 Å². The quantitative estimate of drug-likeness (QED) is 0.896. The van der Waals surface area contributed by atoms with Crippen LogP contribution in [-0.2, 0) is 11.2 Å². The van der Waals surface area contributed by atoms with Crippen LogP contribution in [0.3, 0.4) is 0 Å². The van der Waals surface area contributed by atoms with Gasteiger partial charge in [-0.25, -0.2) is 4.79 Å². The zero-order valence-corrected chi connectivity index (χ0v) is 14.2. The van der Waals surface area contributed by atoms with Crippen LogP contribution in [0.1, 0.15) is 49.3 Å². The number of hydrogen-bond acceptors (Lipinski definition) is 3. The number of carbonyl (C=O) groups is 1. The molecule has 4 atom stereocenters. The third-order valence-electron chi connectivity index (χ3n) is 5.85. The number of urea groups is 1. The molecule has 4 rings (SSSR count). The molecule has 1 saturated heterocycles. The number of carbonyl (C=O) groups excluding carboxylic acids is 1. The number of hydrogen-bond donors (Lipinski definition) is 2. The van der Waals surface area contributed by atoms with E-state index in [-0.39, 0.29) is 18.1 Å². The second-order valence-corrected chi connectivity index (χ2v) is 7.14. The number of ether oxygens (including phenoxy) is 2. The molecule has 2 aliphatic carbocycles. The molecule has 2 N–H and O–H groups in total. The highest BCUT2D eigenvalue weighted by atomic mass is 16.5. The van der Waals surface area contributed by atoms with Gasteiger partial charge < -0.3 is 20.1 Å². The van der Waals surface area contributed by atoms with E-state index in [1.54, 1.807) is 7.11 Å². The van der Waals surface area contributed by atoms with Crippen LogP contribution in [-0.4, -0.2) is 31.9 Å². The smallest absolute Gasteiger partial charge is 0.315 e. The standard InChI is InChI=1S/C19H26N2O3/c1-23-17-6-2-4-12-13(17)8-9-16(12)21-19(22)20-15-5-3-7-18-14(15)10-11-24-18/h2,4,6,14-16,18H,3,5,7-11H2,1H3,(H2,20,21,22)/t14-,15-,16+,18-/m1/s1. The van der Waals surface area contributed by atoms with Crippen LogP contribution >= 0.6 is 0 Å². The Morgan fingerprint density at radius 2 is 2.12 bits per heavy atom. The number of amides is 2. The first-order valence-corrected chi connectivity index (χ1v) is 9.10. The molecule has 5 nitrogen and oxygen atoms in total. The molecule has 130 valence electrons. The lowest BCUT2D eigenvalue weighted by molar-refractivity contribution is 0.0549. The lowest BCUT2D eigenvalue weighted by Gasteiger charge is -2.33. The fourth-order valence-corrected chi connectivity index (χ4v) is 4.69. The molecule has 1 saturated carbocycles. The Hall–Kier alpha value is -1.75. The summed E-state index contributed by atoms with van der Waals surface area (Å²) < 4.78 is 11.2. The maximum absolute atomic E-state index is 12.5. The highest BCUT2D eigenvalue weighted by molar-refractivity contribution is 5.75. The lowest BCUT2D eigenvalue weighted by atomic mass is 9.82. The van der Waals surface area contributed by atoms with Gasteiger partial charge in [-0.1, -0.05) is 12.1 Å². The largest absolute Gasteiger partial charge is 0.496 e.